The molecule has 0 spiro atoms. The summed E-state index contributed by atoms with van der Waals surface area (Å²) in [6, 6.07) is 3.35. The average Bonchev–Trinajstić information content (AvgIpc) is 2.83. The number of halogens is 3. The van der Waals surface area contributed by atoms with Gasteiger partial charge in [0, 0.05) is 6.42 Å². The number of hydrogen-bond acceptors (Lipinski definition) is 7. The summed E-state index contributed by atoms with van der Waals surface area (Å²) in [5.41, 5.74) is 3.43. The van der Waals surface area contributed by atoms with Crippen LogP contribution >= 0.6 is 40.7 Å². The molecular formula is C12H17BrCl2N6O2. The SMILES string of the molecule is CCc1nnc(N/N=C/c2cc(Br)c(O)c(OC)c2)n1N.Cl.Cl. The van der Waals surface area contributed by atoms with Crippen molar-refractivity contribution in [1.29, 1.82) is 0 Å². The van der Waals surface area contributed by atoms with E-state index in [1.54, 1.807) is 18.3 Å². The average molecular weight is 428 g/mol. The monoisotopic (exact) mass is 426 g/mol. The number of rotatable bonds is 5. The van der Waals surface area contributed by atoms with Gasteiger partial charge in [0.1, 0.15) is 0 Å². The zero-order valence-electron chi connectivity index (χ0n) is 12.4. The fourth-order valence-corrected chi connectivity index (χ4v) is 2.09. The Labute approximate surface area is 154 Å². The number of nitrogens with zero attached hydrogens (tertiary/aromatic N) is 4. The molecule has 0 fully saturated rings. The zero-order valence-corrected chi connectivity index (χ0v) is 15.6. The van der Waals surface area contributed by atoms with Crippen LogP contribution in [0.15, 0.2) is 21.7 Å². The van der Waals surface area contributed by atoms with Crippen molar-refractivity contribution in [3.05, 3.63) is 28.0 Å². The van der Waals surface area contributed by atoms with Crippen molar-refractivity contribution in [2.45, 2.75) is 13.3 Å². The molecule has 0 bridgehead atoms. The van der Waals surface area contributed by atoms with Crippen molar-refractivity contribution < 1.29 is 9.84 Å². The van der Waals surface area contributed by atoms with E-state index in [4.69, 9.17) is 10.6 Å². The molecule has 2 aromatic rings. The number of nitrogen functional groups attached to an aromatic ring is 1. The molecule has 0 atom stereocenters. The summed E-state index contributed by atoms with van der Waals surface area (Å²) in [4.78, 5) is 0. The van der Waals surface area contributed by atoms with Gasteiger partial charge in [-0.1, -0.05) is 6.92 Å². The van der Waals surface area contributed by atoms with Crippen molar-refractivity contribution in [3.8, 4) is 11.5 Å². The van der Waals surface area contributed by atoms with Crippen molar-refractivity contribution >= 4 is 52.9 Å². The molecule has 0 amide bonds. The number of nitrogens with two attached hydrogens (primary N) is 1. The smallest absolute Gasteiger partial charge is 0.263 e. The summed E-state index contributed by atoms with van der Waals surface area (Å²) in [6.45, 7) is 1.93. The molecule has 0 unspecified atom stereocenters. The molecule has 23 heavy (non-hydrogen) atoms. The molecule has 0 radical (unpaired) electrons. The van der Waals surface area contributed by atoms with Gasteiger partial charge >= 0.3 is 0 Å². The molecule has 0 saturated heterocycles. The minimum Gasteiger partial charge on any atom is -0.503 e. The third-order valence-electron chi connectivity index (χ3n) is 2.73. The fraction of sp³-hybridized carbons (Fsp3) is 0.250. The second-order valence-corrected chi connectivity index (χ2v) is 4.94. The molecule has 0 aliphatic carbocycles. The maximum Gasteiger partial charge on any atom is 0.263 e. The quantitative estimate of drug-likeness (QED) is 0.383. The molecule has 2 rings (SSSR count). The van der Waals surface area contributed by atoms with Gasteiger partial charge in [0.2, 0.25) is 0 Å². The van der Waals surface area contributed by atoms with Gasteiger partial charge in [-0.3, -0.25) is 0 Å². The van der Waals surface area contributed by atoms with Crippen LogP contribution in [0.1, 0.15) is 18.3 Å². The first-order chi connectivity index (χ1) is 10.1. The summed E-state index contributed by atoms with van der Waals surface area (Å²) in [5, 5.41) is 21.5. The number of hydrazone groups is 1. The lowest BCUT2D eigenvalue weighted by molar-refractivity contribution is 0.372. The van der Waals surface area contributed by atoms with Crippen molar-refractivity contribution in [3.63, 3.8) is 0 Å². The lowest BCUT2D eigenvalue weighted by Gasteiger charge is -2.06. The van der Waals surface area contributed by atoms with Crippen LogP contribution < -0.4 is 16.0 Å². The highest BCUT2D eigenvalue weighted by atomic mass is 79.9. The maximum absolute atomic E-state index is 9.72. The highest BCUT2D eigenvalue weighted by Crippen LogP contribution is 2.34. The van der Waals surface area contributed by atoms with Crippen molar-refractivity contribution in [2.75, 3.05) is 18.4 Å². The molecule has 1 heterocycles. The van der Waals surface area contributed by atoms with Gasteiger partial charge in [-0.2, -0.15) is 5.10 Å². The number of aryl methyl sites for hydroxylation is 1. The number of nitrogens with one attached hydrogen (secondary N) is 1. The van der Waals surface area contributed by atoms with E-state index >= 15 is 0 Å². The highest BCUT2D eigenvalue weighted by molar-refractivity contribution is 9.10. The van der Waals surface area contributed by atoms with E-state index in [1.807, 2.05) is 6.92 Å². The van der Waals surface area contributed by atoms with Crippen LogP contribution in [0.25, 0.3) is 0 Å². The molecule has 11 heteroatoms. The number of aromatic hydroxyl groups is 1. The lowest BCUT2D eigenvalue weighted by Crippen LogP contribution is -2.14. The number of hydrogen-bond donors (Lipinski definition) is 3. The van der Waals surface area contributed by atoms with Gasteiger partial charge < -0.3 is 15.7 Å². The number of anilines is 1. The summed E-state index contributed by atoms with van der Waals surface area (Å²) in [7, 11) is 1.48. The summed E-state index contributed by atoms with van der Waals surface area (Å²) in [5.74, 6) is 7.16. The van der Waals surface area contributed by atoms with Crippen LogP contribution in [0.2, 0.25) is 0 Å². The minimum absolute atomic E-state index is 0. The summed E-state index contributed by atoms with van der Waals surface area (Å²) in [6.07, 6.45) is 2.23. The fourth-order valence-electron chi connectivity index (χ4n) is 1.63. The van der Waals surface area contributed by atoms with E-state index in [-0.39, 0.29) is 30.6 Å². The highest BCUT2D eigenvalue weighted by Gasteiger charge is 2.08. The Hall–Kier alpha value is -1.71. The summed E-state index contributed by atoms with van der Waals surface area (Å²) < 4.78 is 6.91. The molecule has 0 aliphatic rings. The van der Waals surface area contributed by atoms with E-state index in [1.165, 1.54) is 11.8 Å². The Morgan fingerprint density at radius 2 is 2.13 bits per heavy atom. The Bertz CT molecular complexity index is 680. The molecule has 0 aliphatic heterocycles. The number of phenolic OH excluding ortho intramolecular Hbond substituents is 1. The Morgan fingerprint density at radius 3 is 2.70 bits per heavy atom. The van der Waals surface area contributed by atoms with E-state index in [2.05, 4.69) is 36.7 Å². The first kappa shape index (κ1) is 21.3. The molecule has 8 nitrogen and oxygen atoms in total. The molecule has 4 N–H and O–H groups in total. The predicted molar refractivity (Wildman–Crippen MR) is 97.6 cm³/mol. The number of methoxy groups -OCH3 is 1. The third kappa shape index (κ3) is 4.88. The minimum atomic E-state index is 0. The lowest BCUT2D eigenvalue weighted by atomic mass is 10.2. The van der Waals surface area contributed by atoms with E-state index in [0.29, 0.717) is 28.4 Å². The van der Waals surface area contributed by atoms with Crippen LogP contribution in [-0.4, -0.2) is 33.3 Å². The van der Waals surface area contributed by atoms with Crippen LogP contribution in [0.5, 0.6) is 11.5 Å². The van der Waals surface area contributed by atoms with Gasteiger partial charge in [-0.05, 0) is 33.6 Å². The van der Waals surface area contributed by atoms with Crippen molar-refractivity contribution in [1.82, 2.24) is 14.9 Å². The summed E-state index contributed by atoms with van der Waals surface area (Å²) >= 11 is 3.24. The standard InChI is InChI=1S/C12H15BrN6O2.2ClH/c1-3-10-16-18-12(19(10)14)17-15-6-7-4-8(13)11(20)9(5-7)21-2;;/h4-6,20H,3,14H2,1-2H3,(H,17,18);2*1H/b15-6+;;. The van der Waals surface area contributed by atoms with Gasteiger partial charge in [0.05, 0.1) is 17.8 Å². The van der Waals surface area contributed by atoms with E-state index < -0.39 is 0 Å². The second-order valence-electron chi connectivity index (χ2n) is 4.09. The van der Waals surface area contributed by atoms with Crippen molar-refractivity contribution in [2.24, 2.45) is 5.10 Å². The maximum atomic E-state index is 9.72. The topological polar surface area (TPSA) is 111 Å². The van der Waals surface area contributed by atoms with E-state index in [0.717, 1.165) is 5.56 Å². The first-order valence-corrected chi connectivity index (χ1v) is 6.91. The second kappa shape index (κ2) is 9.43. The van der Waals surface area contributed by atoms with Crippen LogP contribution in [-0.2, 0) is 6.42 Å². The molecular weight excluding hydrogens is 411 g/mol. The van der Waals surface area contributed by atoms with E-state index in [9.17, 15) is 5.11 Å². The normalized spacial score (nSPS) is 10.0. The van der Waals surface area contributed by atoms with Crippen LogP contribution in [0, 0.1) is 0 Å². The molecule has 128 valence electrons. The Kier molecular flexibility index (Phi) is 8.73. The van der Waals surface area contributed by atoms with Gasteiger partial charge in [0.25, 0.3) is 5.95 Å². The molecule has 0 saturated carbocycles. The largest absolute Gasteiger partial charge is 0.503 e. The number of aromatic nitrogens is 3. The van der Waals surface area contributed by atoms with Gasteiger partial charge in [-0.15, -0.1) is 35.0 Å². The Balaban J connectivity index is 0.00000242. The van der Waals surface area contributed by atoms with Crippen LogP contribution in [0.4, 0.5) is 5.95 Å². The molecule has 1 aromatic carbocycles. The van der Waals surface area contributed by atoms with Gasteiger partial charge in [-0.25, -0.2) is 10.1 Å². The number of benzene rings is 1. The number of ether oxygens (including phenoxy) is 1. The third-order valence-corrected chi connectivity index (χ3v) is 3.34. The Morgan fingerprint density at radius 1 is 1.43 bits per heavy atom. The van der Waals surface area contributed by atoms with Gasteiger partial charge in [0.15, 0.2) is 17.3 Å². The zero-order chi connectivity index (χ0) is 15.4. The number of phenols is 1. The van der Waals surface area contributed by atoms with Crippen LogP contribution in [0.3, 0.4) is 0 Å². The predicted octanol–water partition coefficient (Wildman–Crippen LogP) is 2.32. The molecule has 1 aromatic heterocycles. The first-order valence-electron chi connectivity index (χ1n) is 6.11.